The van der Waals surface area contributed by atoms with Crippen molar-refractivity contribution in [3.63, 3.8) is 0 Å². The van der Waals surface area contributed by atoms with Gasteiger partial charge in [0, 0.05) is 5.02 Å². The normalized spacial score (nSPS) is 10.3. The predicted molar refractivity (Wildman–Crippen MR) is 111 cm³/mol. The van der Waals surface area contributed by atoms with Crippen LogP contribution in [0.4, 0.5) is 5.00 Å². The van der Waals surface area contributed by atoms with E-state index in [9.17, 15) is 19.2 Å². The molecule has 30 heavy (non-hydrogen) atoms. The third-order valence-corrected chi connectivity index (χ3v) is 5.19. The van der Waals surface area contributed by atoms with E-state index in [4.69, 9.17) is 25.8 Å². The van der Waals surface area contributed by atoms with Gasteiger partial charge in [-0.2, -0.15) is 0 Å². The van der Waals surface area contributed by atoms with Crippen LogP contribution >= 0.6 is 22.9 Å². The number of thiophene rings is 1. The largest absolute Gasteiger partial charge is 0.462 e. The van der Waals surface area contributed by atoms with E-state index in [1.165, 1.54) is 24.3 Å². The number of benzene rings is 1. The van der Waals surface area contributed by atoms with Gasteiger partial charge < -0.3 is 19.5 Å². The number of halogens is 1. The van der Waals surface area contributed by atoms with Crippen molar-refractivity contribution in [3.8, 4) is 0 Å². The van der Waals surface area contributed by atoms with Crippen LogP contribution in [0.2, 0.25) is 5.02 Å². The van der Waals surface area contributed by atoms with E-state index in [2.05, 4.69) is 5.32 Å². The highest BCUT2D eigenvalue weighted by Crippen LogP contribution is 2.34. The Morgan fingerprint density at radius 3 is 2.13 bits per heavy atom. The fourth-order valence-corrected chi connectivity index (χ4v) is 3.64. The Kier molecular flexibility index (Phi) is 8.37. The molecule has 0 aliphatic rings. The van der Waals surface area contributed by atoms with Gasteiger partial charge in [0.2, 0.25) is 0 Å². The molecule has 0 radical (unpaired) electrons. The summed E-state index contributed by atoms with van der Waals surface area (Å²) in [6, 6.07) is 5.98. The molecule has 2 aromatic rings. The second kappa shape index (κ2) is 10.7. The molecule has 0 fully saturated rings. The second-order valence-corrected chi connectivity index (χ2v) is 7.29. The minimum Gasteiger partial charge on any atom is -0.462 e. The molecule has 0 saturated carbocycles. The number of nitrogens with one attached hydrogen (secondary N) is 1. The molecule has 0 atom stereocenters. The fraction of sp³-hybridized carbons (Fsp3) is 0.300. The monoisotopic (exact) mass is 453 g/mol. The van der Waals surface area contributed by atoms with Gasteiger partial charge in [0.25, 0.3) is 5.91 Å². The Morgan fingerprint density at radius 2 is 1.53 bits per heavy atom. The van der Waals surface area contributed by atoms with Gasteiger partial charge in [0.05, 0.1) is 24.3 Å². The van der Waals surface area contributed by atoms with Crippen LogP contribution in [-0.4, -0.2) is 43.6 Å². The summed E-state index contributed by atoms with van der Waals surface area (Å²) >= 11 is 6.65. The molecule has 10 heteroatoms. The zero-order valence-electron chi connectivity index (χ0n) is 16.6. The lowest BCUT2D eigenvalue weighted by Gasteiger charge is -2.08. The molecule has 0 spiro atoms. The van der Waals surface area contributed by atoms with E-state index < -0.39 is 30.4 Å². The summed E-state index contributed by atoms with van der Waals surface area (Å²) in [4.78, 5) is 48.9. The van der Waals surface area contributed by atoms with Crippen LogP contribution in [0.1, 0.15) is 49.8 Å². The minimum atomic E-state index is -0.706. The number of hydrogen-bond acceptors (Lipinski definition) is 8. The first-order chi connectivity index (χ1) is 14.3. The molecule has 1 amide bonds. The van der Waals surface area contributed by atoms with Crippen molar-refractivity contribution in [2.24, 2.45) is 0 Å². The molecule has 1 aromatic heterocycles. The van der Waals surface area contributed by atoms with Crippen molar-refractivity contribution >= 4 is 51.8 Å². The zero-order valence-corrected chi connectivity index (χ0v) is 18.1. The van der Waals surface area contributed by atoms with Crippen molar-refractivity contribution in [2.75, 3.05) is 25.1 Å². The Bertz CT molecular complexity index is 953. The molecular formula is C20H20ClNO7S. The maximum atomic E-state index is 12.3. The smallest absolute Gasteiger partial charge is 0.348 e. The Labute approximate surface area is 182 Å². The van der Waals surface area contributed by atoms with E-state index in [0.29, 0.717) is 10.6 Å². The lowest BCUT2D eigenvalue weighted by molar-refractivity contribution is -0.119. The highest BCUT2D eigenvalue weighted by Gasteiger charge is 2.27. The van der Waals surface area contributed by atoms with E-state index >= 15 is 0 Å². The van der Waals surface area contributed by atoms with E-state index in [1.807, 2.05) is 0 Å². The SMILES string of the molecule is CCOC(=O)c1sc(NC(=O)COC(=O)c2ccc(Cl)cc2)c(C(=O)OCC)c1C. The third kappa shape index (κ3) is 5.80. The van der Waals surface area contributed by atoms with Gasteiger partial charge >= 0.3 is 17.9 Å². The number of carbonyl (C=O) groups excluding carboxylic acids is 4. The molecule has 1 aromatic carbocycles. The highest BCUT2D eigenvalue weighted by molar-refractivity contribution is 7.18. The van der Waals surface area contributed by atoms with Gasteiger partial charge in [0.1, 0.15) is 9.88 Å². The van der Waals surface area contributed by atoms with E-state index in [0.717, 1.165) is 11.3 Å². The molecule has 1 heterocycles. The van der Waals surface area contributed by atoms with Gasteiger partial charge in [-0.25, -0.2) is 14.4 Å². The first-order valence-corrected chi connectivity index (χ1v) is 10.2. The average Bonchev–Trinajstić information content (AvgIpc) is 3.03. The van der Waals surface area contributed by atoms with Crippen LogP contribution in [0.5, 0.6) is 0 Å². The summed E-state index contributed by atoms with van der Waals surface area (Å²) in [5, 5.41) is 3.07. The average molecular weight is 454 g/mol. The highest BCUT2D eigenvalue weighted by atomic mass is 35.5. The summed E-state index contributed by atoms with van der Waals surface area (Å²) < 4.78 is 15.0. The molecule has 0 aliphatic heterocycles. The van der Waals surface area contributed by atoms with Crippen molar-refractivity contribution in [3.05, 3.63) is 50.9 Å². The maximum absolute atomic E-state index is 12.3. The van der Waals surface area contributed by atoms with Crippen LogP contribution < -0.4 is 5.32 Å². The molecule has 8 nitrogen and oxygen atoms in total. The number of hydrogen-bond donors (Lipinski definition) is 1. The van der Waals surface area contributed by atoms with Gasteiger partial charge in [-0.3, -0.25) is 4.79 Å². The van der Waals surface area contributed by atoms with Crippen LogP contribution in [0.3, 0.4) is 0 Å². The summed E-state index contributed by atoms with van der Waals surface area (Å²) in [7, 11) is 0. The third-order valence-electron chi connectivity index (χ3n) is 3.75. The topological polar surface area (TPSA) is 108 Å². The molecule has 0 bridgehead atoms. The molecular weight excluding hydrogens is 434 g/mol. The Hall–Kier alpha value is -2.91. The first-order valence-electron chi connectivity index (χ1n) is 8.98. The number of carbonyl (C=O) groups is 4. The number of esters is 3. The second-order valence-electron chi connectivity index (χ2n) is 5.83. The summed E-state index contributed by atoms with van der Waals surface area (Å²) in [5.41, 5.74) is 0.628. The first kappa shape index (κ1) is 23.4. The number of rotatable bonds is 8. The maximum Gasteiger partial charge on any atom is 0.348 e. The molecule has 0 aliphatic carbocycles. The van der Waals surface area contributed by atoms with E-state index in [1.54, 1.807) is 20.8 Å². The van der Waals surface area contributed by atoms with Gasteiger partial charge in [0.15, 0.2) is 6.61 Å². The molecule has 0 saturated heterocycles. The van der Waals surface area contributed by atoms with Gasteiger partial charge in [-0.05, 0) is 50.6 Å². The number of anilines is 1. The molecule has 0 unspecified atom stereocenters. The predicted octanol–water partition coefficient (Wildman–Crippen LogP) is 3.86. The van der Waals surface area contributed by atoms with Gasteiger partial charge in [-0.1, -0.05) is 11.6 Å². The van der Waals surface area contributed by atoms with Crippen LogP contribution in [0.25, 0.3) is 0 Å². The number of amides is 1. The van der Waals surface area contributed by atoms with Crippen LogP contribution in [-0.2, 0) is 19.0 Å². The standard InChI is InChI=1S/C20H20ClNO7S/c1-4-27-19(25)15-11(3)16(20(26)28-5-2)30-17(15)22-14(23)10-29-18(24)12-6-8-13(21)9-7-12/h6-9H,4-5,10H2,1-3H3,(H,22,23). The molecule has 2 rings (SSSR count). The lowest BCUT2D eigenvalue weighted by atomic mass is 10.1. The fourth-order valence-electron chi connectivity index (χ4n) is 2.41. The number of ether oxygens (including phenoxy) is 3. The van der Waals surface area contributed by atoms with Crippen molar-refractivity contribution in [1.82, 2.24) is 0 Å². The zero-order chi connectivity index (χ0) is 22.3. The van der Waals surface area contributed by atoms with Crippen molar-refractivity contribution in [2.45, 2.75) is 20.8 Å². The summed E-state index contributed by atoms with van der Waals surface area (Å²) in [5.74, 6) is -2.68. The van der Waals surface area contributed by atoms with Crippen LogP contribution in [0.15, 0.2) is 24.3 Å². The van der Waals surface area contributed by atoms with Crippen LogP contribution in [0, 0.1) is 6.92 Å². The lowest BCUT2D eigenvalue weighted by Crippen LogP contribution is -2.21. The van der Waals surface area contributed by atoms with Crippen molar-refractivity contribution in [1.29, 1.82) is 0 Å². The van der Waals surface area contributed by atoms with E-state index in [-0.39, 0.29) is 34.2 Å². The Balaban J connectivity index is 2.14. The molecule has 160 valence electrons. The van der Waals surface area contributed by atoms with Crippen molar-refractivity contribution < 1.29 is 33.4 Å². The molecule has 1 N–H and O–H groups in total. The Morgan fingerprint density at radius 1 is 0.933 bits per heavy atom. The van der Waals surface area contributed by atoms with Gasteiger partial charge in [-0.15, -0.1) is 11.3 Å². The quantitative estimate of drug-likeness (QED) is 0.477. The summed E-state index contributed by atoms with van der Waals surface area (Å²) in [6.07, 6.45) is 0. The summed E-state index contributed by atoms with van der Waals surface area (Å²) in [6.45, 7) is 4.55. The minimum absolute atomic E-state index is 0.0577.